The Balaban J connectivity index is 1.87. The van der Waals surface area contributed by atoms with Crippen LogP contribution in [-0.2, 0) is 0 Å². The Morgan fingerprint density at radius 2 is 1.68 bits per heavy atom. The summed E-state index contributed by atoms with van der Waals surface area (Å²) in [5, 5.41) is 13.1. The summed E-state index contributed by atoms with van der Waals surface area (Å²) in [5.41, 5.74) is 4.19. The fraction of sp³-hybridized carbons (Fsp3) is 0.286. The minimum atomic E-state index is -0.910. The lowest BCUT2D eigenvalue weighted by Crippen LogP contribution is -2.50. The summed E-state index contributed by atoms with van der Waals surface area (Å²) in [6.45, 7) is 1.64. The Labute approximate surface area is 147 Å². The lowest BCUT2D eigenvalue weighted by atomic mass is 9.96. The highest BCUT2D eigenvalue weighted by Gasteiger charge is 2.14. The third-order valence-corrected chi connectivity index (χ3v) is 4.46. The minimum absolute atomic E-state index is 0.342. The third kappa shape index (κ3) is 3.91. The molecule has 0 aromatic heterocycles. The van der Waals surface area contributed by atoms with Gasteiger partial charge in [-0.05, 0) is 60.0 Å². The average Bonchev–Trinajstić information content (AvgIpc) is 2.62. The molecule has 0 radical (unpaired) electrons. The molecular weight excluding hydrogens is 314 g/mol. The summed E-state index contributed by atoms with van der Waals surface area (Å²) in [4.78, 5) is 11.9. The molecule has 3 aromatic carbocycles. The van der Waals surface area contributed by atoms with Crippen LogP contribution in [0, 0.1) is 0 Å². The number of aromatic carboxylic acids is 1. The molecule has 0 aliphatic heterocycles. The fourth-order valence-corrected chi connectivity index (χ4v) is 3.18. The van der Waals surface area contributed by atoms with Gasteiger partial charge in [-0.3, -0.25) is 0 Å². The molecule has 0 fully saturated rings. The molecular formula is C21H24NO3+. The van der Waals surface area contributed by atoms with Crippen molar-refractivity contribution in [2.75, 3.05) is 13.2 Å². The summed E-state index contributed by atoms with van der Waals surface area (Å²) in [6, 6.07) is 15.3. The molecule has 25 heavy (non-hydrogen) atoms. The van der Waals surface area contributed by atoms with Crippen LogP contribution in [0.2, 0.25) is 0 Å². The molecule has 3 aromatic rings. The molecule has 0 saturated carbocycles. The van der Waals surface area contributed by atoms with E-state index >= 15 is 0 Å². The quantitative estimate of drug-likeness (QED) is 0.483. The zero-order chi connectivity index (χ0) is 17.6. The first-order valence-corrected chi connectivity index (χ1v) is 8.81. The van der Waals surface area contributed by atoms with Crippen molar-refractivity contribution in [2.24, 2.45) is 0 Å². The fourth-order valence-electron chi connectivity index (χ4n) is 3.18. The van der Waals surface area contributed by atoms with Gasteiger partial charge in [0.1, 0.15) is 5.75 Å². The first kappa shape index (κ1) is 17.2. The SMILES string of the molecule is [NH3+]CCCCCCOc1ccc2cc3ccccc3c(C(=O)O)c2c1. The molecule has 4 nitrogen and oxygen atoms in total. The van der Waals surface area contributed by atoms with E-state index < -0.39 is 5.97 Å². The maximum absolute atomic E-state index is 11.9. The Morgan fingerprint density at radius 1 is 0.920 bits per heavy atom. The van der Waals surface area contributed by atoms with E-state index in [9.17, 15) is 9.90 Å². The van der Waals surface area contributed by atoms with Crippen LogP contribution in [-0.4, -0.2) is 24.2 Å². The maximum Gasteiger partial charge on any atom is 0.336 e. The molecule has 0 aliphatic rings. The number of hydrogen-bond acceptors (Lipinski definition) is 2. The van der Waals surface area contributed by atoms with Crippen molar-refractivity contribution in [3.8, 4) is 5.75 Å². The van der Waals surface area contributed by atoms with Crippen molar-refractivity contribution in [1.29, 1.82) is 0 Å². The van der Waals surface area contributed by atoms with Gasteiger partial charge in [-0.2, -0.15) is 0 Å². The number of fused-ring (bicyclic) bond motifs is 2. The van der Waals surface area contributed by atoms with E-state index in [1.165, 1.54) is 6.42 Å². The Hall–Kier alpha value is -2.59. The highest BCUT2D eigenvalue weighted by Crippen LogP contribution is 2.31. The normalized spacial score (nSPS) is 11.1. The van der Waals surface area contributed by atoms with Crippen molar-refractivity contribution >= 4 is 27.5 Å². The second kappa shape index (κ2) is 7.99. The van der Waals surface area contributed by atoms with Gasteiger partial charge in [0, 0.05) is 5.39 Å². The lowest BCUT2D eigenvalue weighted by Gasteiger charge is -2.11. The van der Waals surface area contributed by atoms with Crippen LogP contribution >= 0.6 is 0 Å². The van der Waals surface area contributed by atoms with Crippen molar-refractivity contribution in [3.63, 3.8) is 0 Å². The molecule has 130 valence electrons. The zero-order valence-corrected chi connectivity index (χ0v) is 14.3. The van der Waals surface area contributed by atoms with Crippen LogP contribution < -0.4 is 10.5 Å². The summed E-state index contributed by atoms with van der Waals surface area (Å²) >= 11 is 0. The van der Waals surface area contributed by atoms with Gasteiger partial charge in [-0.25, -0.2) is 4.79 Å². The van der Waals surface area contributed by atoms with Crippen molar-refractivity contribution in [3.05, 3.63) is 54.1 Å². The van der Waals surface area contributed by atoms with E-state index in [1.807, 2.05) is 48.5 Å². The van der Waals surface area contributed by atoms with Gasteiger partial charge in [0.25, 0.3) is 0 Å². The number of carboxylic acids is 1. The first-order chi connectivity index (χ1) is 12.2. The van der Waals surface area contributed by atoms with Crippen LogP contribution in [0.5, 0.6) is 5.75 Å². The number of quaternary nitrogens is 1. The Morgan fingerprint density at radius 3 is 2.48 bits per heavy atom. The summed E-state index contributed by atoms with van der Waals surface area (Å²) in [6.07, 6.45) is 4.47. The van der Waals surface area contributed by atoms with Gasteiger partial charge in [-0.15, -0.1) is 0 Å². The summed E-state index contributed by atoms with van der Waals surface area (Å²) in [5.74, 6) is -0.186. The number of hydrogen-bond donors (Lipinski definition) is 2. The van der Waals surface area contributed by atoms with E-state index in [-0.39, 0.29) is 0 Å². The van der Waals surface area contributed by atoms with E-state index in [4.69, 9.17) is 4.74 Å². The van der Waals surface area contributed by atoms with Gasteiger partial charge in [0.15, 0.2) is 0 Å². The monoisotopic (exact) mass is 338 g/mol. The van der Waals surface area contributed by atoms with Crippen LogP contribution in [0.4, 0.5) is 0 Å². The van der Waals surface area contributed by atoms with E-state index in [0.29, 0.717) is 12.2 Å². The zero-order valence-electron chi connectivity index (χ0n) is 14.3. The van der Waals surface area contributed by atoms with E-state index in [2.05, 4.69) is 5.73 Å². The number of benzene rings is 3. The van der Waals surface area contributed by atoms with Gasteiger partial charge >= 0.3 is 5.97 Å². The molecule has 3 rings (SSSR count). The topological polar surface area (TPSA) is 74.2 Å². The van der Waals surface area contributed by atoms with Crippen LogP contribution in [0.25, 0.3) is 21.5 Å². The van der Waals surface area contributed by atoms with Gasteiger partial charge in [-0.1, -0.05) is 30.3 Å². The predicted molar refractivity (Wildman–Crippen MR) is 100 cm³/mol. The van der Waals surface area contributed by atoms with E-state index in [1.54, 1.807) is 0 Å². The minimum Gasteiger partial charge on any atom is -0.494 e. The number of carbonyl (C=O) groups is 1. The number of unbranched alkanes of at least 4 members (excludes halogenated alkanes) is 3. The number of ether oxygens (including phenoxy) is 1. The standard InChI is InChI=1S/C21H23NO3/c22-11-5-1-2-6-12-25-17-10-9-16-13-15-7-3-4-8-18(15)20(21(23)24)19(16)14-17/h3-4,7-10,13-14H,1-2,5-6,11-12,22H2,(H,23,24)/p+1. The highest BCUT2D eigenvalue weighted by atomic mass is 16.5. The molecule has 0 aliphatic carbocycles. The molecule has 4 heteroatoms. The molecule has 0 spiro atoms. The molecule has 0 unspecified atom stereocenters. The molecule has 0 heterocycles. The summed E-state index contributed by atoms with van der Waals surface area (Å²) < 4.78 is 5.83. The average molecular weight is 338 g/mol. The van der Waals surface area contributed by atoms with Crippen LogP contribution in [0.1, 0.15) is 36.0 Å². The smallest absolute Gasteiger partial charge is 0.336 e. The number of rotatable bonds is 8. The maximum atomic E-state index is 11.9. The molecule has 0 saturated heterocycles. The number of carboxylic acid groups (broad SMARTS) is 1. The van der Waals surface area contributed by atoms with Gasteiger partial charge in [0.05, 0.1) is 18.7 Å². The van der Waals surface area contributed by atoms with Crippen LogP contribution in [0.3, 0.4) is 0 Å². The second-order valence-corrected chi connectivity index (χ2v) is 6.28. The Kier molecular flexibility index (Phi) is 5.51. The van der Waals surface area contributed by atoms with Gasteiger partial charge in [0.2, 0.25) is 0 Å². The largest absolute Gasteiger partial charge is 0.494 e. The van der Waals surface area contributed by atoms with E-state index in [0.717, 1.165) is 53.1 Å². The Bertz CT molecular complexity index is 889. The van der Waals surface area contributed by atoms with Gasteiger partial charge < -0.3 is 15.6 Å². The van der Waals surface area contributed by atoms with Crippen molar-refractivity contribution in [2.45, 2.75) is 25.7 Å². The second-order valence-electron chi connectivity index (χ2n) is 6.28. The van der Waals surface area contributed by atoms with Crippen molar-refractivity contribution < 1.29 is 20.4 Å². The third-order valence-electron chi connectivity index (χ3n) is 4.46. The first-order valence-electron chi connectivity index (χ1n) is 8.81. The summed E-state index contributed by atoms with van der Waals surface area (Å²) in [7, 11) is 0. The molecule has 0 bridgehead atoms. The lowest BCUT2D eigenvalue weighted by molar-refractivity contribution is -0.368. The molecule has 0 amide bonds. The van der Waals surface area contributed by atoms with Crippen molar-refractivity contribution in [1.82, 2.24) is 0 Å². The predicted octanol–water partition coefficient (Wildman–Crippen LogP) is 3.87. The highest BCUT2D eigenvalue weighted by molar-refractivity contribution is 6.16. The molecule has 4 N–H and O–H groups in total. The molecule has 0 atom stereocenters. The van der Waals surface area contributed by atoms with Crippen LogP contribution in [0.15, 0.2) is 48.5 Å².